The summed E-state index contributed by atoms with van der Waals surface area (Å²) in [4.78, 5) is 11.7. The van der Waals surface area contributed by atoms with Crippen LogP contribution in [0.15, 0.2) is 47.6 Å². The van der Waals surface area contributed by atoms with E-state index >= 15 is 0 Å². The summed E-state index contributed by atoms with van der Waals surface area (Å²) in [6.07, 6.45) is -3.58. The molecule has 1 heterocycles. The van der Waals surface area contributed by atoms with Crippen LogP contribution in [0.3, 0.4) is 0 Å². The van der Waals surface area contributed by atoms with Gasteiger partial charge in [0, 0.05) is 17.5 Å². The number of hydrazone groups is 1. The van der Waals surface area contributed by atoms with Crippen LogP contribution in [0.2, 0.25) is 0 Å². The zero-order valence-corrected chi connectivity index (χ0v) is 16.8. The van der Waals surface area contributed by atoms with E-state index in [-0.39, 0.29) is 28.6 Å². The molecule has 30 heavy (non-hydrogen) atoms. The van der Waals surface area contributed by atoms with Gasteiger partial charge in [-0.1, -0.05) is 25.1 Å². The Kier molecular flexibility index (Phi) is 5.87. The Bertz CT molecular complexity index is 1130. The quantitative estimate of drug-likeness (QED) is 0.437. The molecule has 158 valence electrons. The number of aromatic nitrogens is 1. The van der Waals surface area contributed by atoms with E-state index in [4.69, 9.17) is 0 Å². The zero-order valence-electron chi connectivity index (χ0n) is 16.8. The summed E-state index contributed by atoms with van der Waals surface area (Å²) < 4.78 is 41.3. The number of benzene rings is 2. The van der Waals surface area contributed by atoms with Crippen molar-refractivity contribution in [3.05, 3.63) is 59.2 Å². The number of nitrogens with one attached hydrogen (secondary N) is 1. The molecular formula is C22H22F3N3O2. The third-order valence-corrected chi connectivity index (χ3v) is 4.72. The molecule has 0 aliphatic rings. The molecule has 0 aliphatic carbocycles. The van der Waals surface area contributed by atoms with Crippen LogP contribution < -0.4 is 5.43 Å². The van der Waals surface area contributed by atoms with Gasteiger partial charge < -0.3 is 5.11 Å². The third-order valence-electron chi connectivity index (χ3n) is 4.72. The van der Waals surface area contributed by atoms with Crippen molar-refractivity contribution >= 4 is 22.5 Å². The van der Waals surface area contributed by atoms with Gasteiger partial charge in [-0.15, -0.1) is 0 Å². The number of carbonyl (C=O) groups is 1. The van der Waals surface area contributed by atoms with Gasteiger partial charge in [0.1, 0.15) is 0 Å². The Hall–Kier alpha value is -3.29. The summed E-state index contributed by atoms with van der Waals surface area (Å²) in [7, 11) is 0. The number of fused-ring (bicyclic) bond motifs is 1. The normalized spacial score (nSPS) is 12.4. The molecule has 2 N–H and O–H groups in total. The molecule has 1 aromatic heterocycles. The van der Waals surface area contributed by atoms with Crippen molar-refractivity contribution in [2.75, 3.05) is 0 Å². The van der Waals surface area contributed by atoms with Gasteiger partial charge in [-0.05, 0) is 50.1 Å². The Morgan fingerprint density at radius 3 is 2.57 bits per heavy atom. The van der Waals surface area contributed by atoms with Gasteiger partial charge in [0.05, 0.1) is 22.4 Å². The predicted octanol–water partition coefficient (Wildman–Crippen LogP) is 5.30. The van der Waals surface area contributed by atoms with Crippen LogP contribution in [-0.4, -0.2) is 21.3 Å². The van der Waals surface area contributed by atoms with Crippen molar-refractivity contribution < 1.29 is 23.1 Å². The molecule has 0 saturated heterocycles. The van der Waals surface area contributed by atoms with Crippen LogP contribution >= 0.6 is 0 Å². The fourth-order valence-electron chi connectivity index (χ4n) is 3.32. The number of carbonyl (C=O) groups excluding carboxylic acids is 1. The van der Waals surface area contributed by atoms with Gasteiger partial charge in [0.2, 0.25) is 11.8 Å². The first-order valence-electron chi connectivity index (χ1n) is 9.48. The molecule has 0 bridgehead atoms. The molecule has 0 spiro atoms. The van der Waals surface area contributed by atoms with Crippen LogP contribution in [0.1, 0.15) is 43.4 Å². The lowest BCUT2D eigenvalue weighted by atomic mass is 10.1. The standard InChI is InChI=1S/C22H22F3N3O2/c1-4-6-19(29)27-26-14(3)20-17-10-9-15(22(23,24)25)12-18(17)28(21(20)30)16-8-5-7-13(2)11-16/h5,7-12,30H,4,6H2,1-3H3,(H,27,29). The molecular weight excluding hydrogens is 395 g/mol. The molecule has 3 aromatic rings. The first kappa shape index (κ1) is 21.4. The SMILES string of the molecule is CCCC(=O)NN=C(C)c1c(O)n(-c2cccc(C)c2)c2cc(C(F)(F)F)ccc12. The fraction of sp³-hybridized carbons (Fsp3) is 0.273. The second-order valence-corrected chi connectivity index (χ2v) is 7.08. The number of amides is 1. The molecule has 0 radical (unpaired) electrons. The van der Waals surface area contributed by atoms with Crippen molar-refractivity contribution in [1.82, 2.24) is 9.99 Å². The lowest BCUT2D eigenvalue weighted by molar-refractivity contribution is -0.137. The number of alkyl halides is 3. The molecule has 3 rings (SSSR count). The van der Waals surface area contributed by atoms with E-state index in [9.17, 15) is 23.1 Å². The molecule has 2 aromatic carbocycles. The summed E-state index contributed by atoms with van der Waals surface area (Å²) in [5.74, 6) is -0.529. The molecule has 0 fully saturated rings. The zero-order chi connectivity index (χ0) is 22.1. The number of nitrogens with zero attached hydrogens (tertiary/aromatic N) is 2. The van der Waals surface area contributed by atoms with Crippen molar-refractivity contribution in [3.63, 3.8) is 0 Å². The number of aryl methyl sites for hydroxylation is 1. The number of halogens is 3. The van der Waals surface area contributed by atoms with E-state index in [1.807, 2.05) is 19.9 Å². The highest BCUT2D eigenvalue weighted by Gasteiger charge is 2.32. The number of aromatic hydroxyl groups is 1. The molecule has 0 atom stereocenters. The van der Waals surface area contributed by atoms with E-state index in [2.05, 4.69) is 10.5 Å². The Morgan fingerprint density at radius 2 is 1.93 bits per heavy atom. The van der Waals surface area contributed by atoms with E-state index in [0.29, 0.717) is 23.9 Å². The molecule has 5 nitrogen and oxygen atoms in total. The van der Waals surface area contributed by atoms with Crippen molar-refractivity contribution in [1.29, 1.82) is 0 Å². The van der Waals surface area contributed by atoms with Crippen molar-refractivity contribution in [2.45, 2.75) is 39.8 Å². The second-order valence-electron chi connectivity index (χ2n) is 7.08. The summed E-state index contributed by atoms with van der Waals surface area (Å²) in [6, 6.07) is 10.4. The monoisotopic (exact) mass is 417 g/mol. The van der Waals surface area contributed by atoms with Gasteiger partial charge in [-0.25, -0.2) is 5.43 Å². The Balaban J connectivity index is 2.25. The van der Waals surface area contributed by atoms with Gasteiger partial charge >= 0.3 is 6.18 Å². The lowest BCUT2D eigenvalue weighted by Crippen LogP contribution is -2.18. The van der Waals surface area contributed by atoms with Gasteiger partial charge in [-0.3, -0.25) is 9.36 Å². The average Bonchev–Trinajstić information content (AvgIpc) is 2.96. The van der Waals surface area contributed by atoms with Gasteiger partial charge in [0.25, 0.3) is 0 Å². The maximum atomic E-state index is 13.3. The minimum absolute atomic E-state index is 0.192. The number of hydrogen-bond acceptors (Lipinski definition) is 3. The van der Waals surface area contributed by atoms with Crippen LogP contribution in [0.5, 0.6) is 5.88 Å². The molecule has 0 aliphatic heterocycles. The molecule has 8 heteroatoms. The summed E-state index contributed by atoms with van der Waals surface area (Å²) in [5.41, 5.74) is 3.74. The molecule has 0 unspecified atom stereocenters. The summed E-state index contributed by atoms with van der Waals surface area (Å²) in [5, 5.41) is 15.4. The summed E-state index contributed by atoms with van der Waals surface area (Å²) >= 11 is 0. The van der Waals surface area contributed by atoms with E-state index in [1.165, 1.54) is 10.6 Å². The first-order chi connectivity index (χ1) is 14.1. The van der Waals surface area contributed by atoms with Crippen LogP contribution in [0.4, 0.5) is 13.2 Å². The molecule has 1 amide bonds. The van der Waals surface area contributed by atoms with Crippen LogP contribution in [-0.2, 0) is 11.0 Å². The maximum absolute atomic E-state index is 13.3. The Labute approximate surface area is 171 Å². The second kappa shape index (κ2) is 8.22. The van der Waals surface area contributed by atoms with Crippen molar-refractivity contribution in [2.24, 2.45) is 5.10 Å². The van der Waals surface area contributed by atoms with Crippen LogP contribution in [0, 0.1) is 6.92 Å². The lowest BCUT2D eigenvalue weighted by Gasteiger charge is -2.10. The Morgan fingerprint density at radius 1 is 1.20 bits per heavy atom. The van der Waals surface area contributed by atoms with Crippen molar-refractivity contribution in [3.8, 4) is 11.6 Å². The average molecular weight is 417 g/mol. The van der Waals surface area contributed by atoms with E-state index in [0.717, 1.165) is 17.7 Å². The fourth-order valence-corrected chi connectivity index (χ4v) is 3.32. The maximum Gasteiger partial charge on any atom is 0.416 e. The summed E-state index contributed by atoms with van der Waals surface area (Å²) in [6.45, 7) is 5.29. The third kappa shape index (κ3) is 4.17. The smallest absolute Gasteiger partial charge is 0.416 e. The van der Waals surface area contributed by atoms with Gasteiger partial charge in [-0.2, -0.15) is 18.3 Å². The van der Waals surface area contributed by atoms with E-state index in [1.54, 1.807) is 25.1 Å². The first-order valence-corrected chi connectivity index (χ1v) is 9.48. The number of rotatable bonds is 5. The number of hydrogen-bond donors (Lipinski definition) is 2. The molecule has 0 saturated carbocycles. The predicted molar refractivity (Wildman–Crippen MR) is 110 cm³/mol. The van der Waals surface area contributed by atoms with Gasteiger partial charge in [0.15, 0.2) is 0 Å². The van der Waals surface area contributed by atoms with Crippen LogP contribution in [0.25, 0.3) is 16.6 Å². The topological polar surface area (TPSA) is 66.6 Å². The highest BCUT2D eigenvalue weighted by molar-refractivity contribution is 6.13. The van der Waals surface area contributed by atoms with E-state index < -0.39 is 11.7 Å². The largest absolute Gasteiger partial charge is 0.494 e. The minimum atomic E-state index is -4.52. The highest BCUT2D eigenvalue weighted by Crippen LogP contribution is 2.38. The minimum Gasteiger partial charge on any atom is -0.494 e. The highest BCUT2D eigenvalue weighted by atomic mass is 19.4.